The second-order valence-electron chi connectivity index (χ2n) is 5.94. The van der Waals surface area contributed by atoms with Gasteiger partial charge in [0.15, 0.2) is 6.61 Å². The van der Waals surface area contributed by atoms with Crippen LogP contribution in [0.1, 0.15) is 0 Å². The van der Waals surface area contributed by atoms with Gasteiger partial charge in [-0.3, -0.25) is 4.79 Å². The summed E-state index contributed by atoms with van der Waals surface area (Å²) in [4.78, 5) is 23.9. The van der Waals surface area contributed by atoms with Crippen LogP contribution in [-0.4, -0.2) is 18.5 Å². The van der Waals surface area contributed by atoms with E-state index in [9.17, 15) is 14.0 Å². The molecule has 3 amide bonds. The van der Waals surface area contributed by atoms with Crippen LogP contribution in [0.2, 0.25) is 5.02 Å². The molecule has 0 aliphatic heterocycles. The van der Waals surface area contributed by atoms with Gasteiger partial charge in [0, 0.05) is 23.1 Å². The molecule has 0 saturated heterocycles. The maximum atomic E-state index is 13.1. The molecular weight excluding hydrogens is 397 g/mol. The molecule has 0 radical (unpaired) electrons. The van der Waals surface area contributed by atoms with E-state index >= 15 is 0 Å². The Balaban J connectivity index is 1.47. The van der Waals surface area contributed by atoms with Gasteiger partial charge in [-0.2, -0.15) is 0 Å². The highest BCUT2D eigenvalue weighted by molar-refractivity contribution is 6.30. The summed E-state index contributed by atoms with van der Waals surface area (Å²) < 4.78 is 18.4. The molecule has 3 N–H and O–H groups in total. The molecule has 0 heterocycles. The summed E-state index contributed by atoms with van der Waals surface area (Å²) in [7, 11) is 0. The van der Waals surface area contributed by atoms with E-state index in [-0.39, 0.29) is 23.4 Å². The summed E-state index contributed by atoms with van der Waals surface area (Å²) >= 11 is 5.67. The van der Waals surface area contributed by atoms with Crippen molar-refractivity contribution in [1.82, 2.24) is 0 Å². The lowest BCUT2D eigenvalue weighted by Crippen LogP contribution is -2.20. The van der Waals surface area contributed by atoms with E-state index in [1.807, 2.05) is 18.2 Å². The lowest BCUT2D eigenvalue weighted by molar-refractivity contribution is -0.118. The topological polar surface area (TPSA) is 79.5 Å². The zero-order valence-electron chi connectivity index (χ0n) is 15.1. The second-order valence-corrected chi connectivity index (χ2v) is 6.34. The van der Waals surface area contributed by atoms with E-state index < -0.39 is 11.7 Å². The van der Waals surface area contributed by atoms with Gasteiger partial charge in [-0.1, -0.05) is 29.8 Å². The van der Waals surface area contributed by atoms with Crippen LogP contribution >= 0.6 is 11.6 Å². The Morgan fingerprint density at radius 1 is 0.828 bits per heavy atom. The molecule has 0 aromatic heterocycles. The molecule has 3 aromatic carbocycles. The van der Waals surface area contributed by atoms with E-state index in [1.54, 1.807) is 36.4 Å². The fraction of sp³-hybridized carbons (Fsp3) is 0.0476. The molecule has 29 heavy (non-hydrogen) atoms. The Morgan fingerprint density at radius 3 is 2.03 bits per heavy atom. The molecule has 0 fully saturated rings. The largest absolute Gasteiger partial charge is 0.484 e. The summed E-state index contributed by atoms with van der Waals surface area (Å²) in [5, 5.41) is 7.98. The fourth-order valence-corrected chi connectivity index (χ4v) is 2.53. The molecule has 3 aromatic rings. The predicted octanol–water partition coefficient (Wildman–Crippen LogP) is 5.14. The number of hydrogen-bond acceptors (Lipinski definition) is 3. The maximum Gasteiger partial charge on any atom is 0.323 e. The van der Waals surface area contributed by atoms with Crippen molar-refractivity contribution in [3.05, 3.63) is 83.6 Å². The predicted molar refractivity (Wildman–Crippen MR) is 111 cm³/mol. The molecule has 0 unspecified atom stereocenters. The smallest absolute Gasteiger partial charge is 0.323 e. The van der Waals surface area contributed by atoms with E-state index in [2.05, 4.69) is 16.0 Å². The third-order valence-corrected chi connectivity index (χ3v) is 4.01. The summed E-state index contributed by atoms with van der Waals surface area (Å²) in [5.74, 6) is -0.668. The number of carbonyl (C=O) groups is 2. The van der Waals surface area contributed by atoms with Crippen molar-refractivity contribution < 1.29 is 18.7 Å². The molecule has 0 aliphatic rings. The first-order valence-corrected chi connectivity index (χ1v) is 8.98. The number of benzene rings is 3. The molecule has 0 aliphatic carbocycles. The van der Waals surface area contributed by atoms with Gasteiger partial charge in [-0.15, -0.1) is 0 Å². The van der Waals surface area contributed by atoms with Gasteiger partial charge in [-0.05, 0) is 48.5 Å². The summed E-state index contributed by atoms with van der Waals surface area (Å²) in [5.41, 5.74) is 1.77. The van der Waals surface area contributed by atoms with E-state index in [1.165, 1.54) is 12.1 Å². The number of ether oxygens (including phenoxy) is 1. The average molecular weight is 414 g/mol. The van der Waals surface area contributed by atoms with Crippen molar-refractivity contribution in [3.63, 3.8) is 0 Å². The summed E-state index contributed by atoms with van der Waals surface area (Å²) in [6.07, 6.45) is 0. The van der Waals surface area contributed by atoms with Crippen LogP contribution in [0.5, 0.6) is 5.75 Å². The number of carbonyl (C=O) groups excluding carboxylic acids is 2. The number of anilines is 3. The molecular formula is C21H17ClFN3O3. The molecule has 3 rings (SSSR count). The highest BCUT2D eigenvalue weighted by Gasteiger charge is 2.07. The lowest BCUT2D eigenvalue weighted by atomic mass is 10.2. The highest BCUT2D eigenvalue weighted by atomic mass is 35.5. The first kappa shape index (κ1) is 20.2. The zero-order valence-corrected chi connectivity index (χ0v) is 15.9. The van der Waals surface area contributed by atoms with Gasteiger partial charge in [0.1, 0.15) is 11.6 Å². The first-order chi connectivity index (χ1) is 14.0. The van der Waals surface area contributed by atoms with E-state index in [0.29, 0.717) is 17.1 Å². The van der Waals surface area contributed by atoms with Gasteiger partial charge in [0.25, 0.3) is 5.91 Å². The first-order valence-electron chi connectivity index (χ1n) is 8.60. The van der Waals surface area contributed by atoms with Crippen LogP contribution in [-0.2, 0) is 4.79 Å². The fourth-order valence-electron chi connectivity index (χ4n) is 2.36. The number of rotatable bonds is 6. The van der Waals surface area contributed by atoms with Crippen LogP contribution < -0.4 is 20.7 Å². The maximum absolute atomic E-state index is 13.1. The minimum atomic E-state index is -0.561. The van der Waals surface area contributed by atoms with Crippen molar-refractivity contribution in [2.45, 2.75) is 0 Å². The van der Waals surface area contributed by atoms with Gasteiger partial charge in [0.05, 0.1) is 5.02 Å². The number of para-hydroxylation sites is 1. The molecule has 6 nitrogen and oxygen atoms in total. The molecule has 0 saturated carbocycles. The van der Waals surface area contributed by atoms with E-state index in [0.717, 1.165) is 6.07 Å². The van der Waals surface area contributed by atoms with Crippen LogP contribution in [0.15, 0.2) is 72.8 Å². The Bertz CT molecular complexity index is 998. The quantitative estimate of drug-likeness (QED) is 0.523. The SMILES string of the molecule is O=C(COc1ccc(F)c(Cl)c1)Nc1ccc(NC(=O)Nc2ccccc2)cc1. The van der Waals surface area contributed by atoms with Crippen molar-refractivity contribution in [3.8, 4) is 5.75 Å². The molecule has 8 heteroatoms. The number of halogens is 2. The number of nitrogens with one attached hydrogen (secondary N) is 3. The van der Waals surface area contributed by atoms with Gasteiger partial charge >= 0.3 is 6.03 Å². The monoisotopic (exact) mass is 413 g/mol. The summed E-state index contributed by atoms with van der Waals surface area (Å²) in [6.45, 7) is -0.262. The third kappa shape index (κ3) is 6.22. The lowest BCUT2D eigenvalue weighted by Gasteiger charge is -2.10. The molecule has 148 valence electrons. The number of amides is 3. The number of hydrogen-bond donors (Lipinski definition) is 3. The molecule has 0 spiro atoms. The Morgan fingerprint density at radius 2 is 1.41 bits per heavy atom. The molecule has 0 bridgehead atoms. The zero-order chi connectivity index (χ0) is 20.6. The molecule has 0 atom stereocenters. The Labute approximate surface area is 171 Å². The minimum Gasteiger partial charge on any atom is -0.484 e. The normalized spacial score (nSPS) is 10.1. The minimum absolute atomic E-state index is 0.0812. The summed E-state index contributed by atoms with van der Waals surface area (Å²) in [6, 6.07) is 19.1. The van der Waals surface area contributed by atoms with Crippen LogP contribution in [0.3, 0.4) is 0 Å². The van der Waals surface area contributed by atoms with Gasteiger partial charge < -0.3 is 20.7 Å². The Kier molecular flexibility index (Phi) is 6.65. The van der Waals surface area contributed by atoms with Crippen LogP contribution in [0, 0.1) is 5.82 Å². The van der Waals surface area contributed by atoms with Crippen molar-refractivity contribution in [2.24, 2.45) is 0 Å². The van der Waals surface area contributed by atoms with Crippen molar-refractivity contribution in [1.29, 1.82) is 0 Å². The Hall–Kier alpha value is -3.58. The van der Waals surface area contributed by atoms with E-state index in [4.69, 9.17) is 16.3 Å². The number of urea groups is 1. The average Bonchev–Trinajstić information content (AvgIpc) is 2.71. The van der Waals surface area contributed by atoms with Gasteiger partial charge in [0.2, 0.25) is 0 Å². The van der Waals surface area contributed by atoms with Crippen molar-refractivity contribution >= 4 is 40.6 Å². The third-order valence-electron chi connectivity index (χ3n) is 3.72. The van der Waals surface area contributed by atoms with Crippen molar-refractivity contribution in [2.75, 3.05) is 22.6 Å². The van der Waals surface area contributed by atoms with Crippen LogP contribution in [0.4, 0.5) is 26.2 Å². The second kappa shape index (κ2) is 9.57. The standard InChI is InChI=1S/C21H17ClFN3O3/c22-18-12-17(10-11-19(18)23)29-13-20(27)24-15-6-8-16(9-7-15)26-21(28)25-14-4-2-1-3-5-14/h1-12H,13H2,(H,24,27)(H2,25,26,28). The van der Waals surface area contributed by atoms with Crippen LogP contribution in [0.25, 0.3) is 0 Å². The highest BCUT2D eigenvalue weighted by Crippen LogP contribution is 2.21. The van der Waals surface area contributed by atoms with Gasteiger partial charge in [-0.25, -0.2) is 9.18 Å².